The molecule has 1 saturated heterocycles. The number of carboxylic acids is 1. The largest absolute Gasteiger partial charge is 0.481 e. The molecule has 0 aromatic carbocycles. The molecule has 1 N–H and O–H groups in total. The first-order valence-corrected chi connectivity index (χ1v) is 4.50. The van der Waals surface area contributed by atoms with Crippen molar-refractivity contribution in [3.8, 4) is 6.07 Å². The van der Waals surface area contributed by atoms with Gasteiger partial charge in [0.1, 0.15) is 0 Å². The Labute approximate surface area is 82.9 Å². The van der Waals surface area contributed by atoms with Gasteiger partial charge in [0, 0.05) is 6.04 Å². The quantitative estimate of drug-likeness (QED) is 0.687. The maximum absolute atomic E-state index is 10.8. The third-order valence-electron chi connectivity index (χ3n) is 2.69. The van der Waals surface area contributed by atoms with Gasteiger partial charge in [0.2, 0.25) is 0 Å². The Hall–Kier alpha value is -1.12. The van der Waals surface area contributed by atoms with E-state index in [2.05, 4.69) is 6.07 Å². The first-order valence-electron chi connectivity index (χ1n) is 4.50. The summed E-state index contributed by atoms with van der Waals surface area (Å²) in [5, 5.41) is 17.6. The first kappa shape index (κ1) is 11.0. The second-order valence-corrected chi connectivity index (χ2v) is 3.52. The number of likely N-dealkylation sites (N-methyl/N-ethyl adjacent to an activating group) is 1. The highest BCUT2D eigenvalue weighted by atomic mass is 16.5. The number of hydrogen-bond donors (Lipinski definition) is 1. The summed E-state index contributed by atoms with van der Waals surface area (Å²) in [4.78, 5) is 12.6. The summed E-state index contributed by atoms with van der Waals surface area (Å²) >= 11 is 0. The van der Waals surface area contributed by atoms with E-state index in [1.807, 2.05) is 0 Å². The molecule has 1 aliphatic heterocycles. The smallest absolute Gasteiger partial charge is 0.310 e. The fourth-order valence-corrected chi connectivity index (χ4v) is 1.56. The topological polar surface area (TPSA) is 73.6 Å². The Morgan fingerprint density at radius 2 is 2.36 bits per heavy atom. The van der Waals surface area contributed by atoms with Gasteiger partial charge in [-0.1, -0.05) is 0 Å². The SMILES string of the molecule is CC(C#N)N(C)C1COCC1C(=O)O. The molecule has 3 atom stereocenters. The molecule has 0 amide bonds. The monoisotopic (exact) mass is 198 g/mol. The van der Waals surface area contributed by atoms with Crippen LogP contribution in [0.2, 0.25) is 0 Å². The molecule has 0 spiro atoms. The van der Waals surface area contributed by atoms with Gasteiger partial charge in [-0.25, -0.2) is 0 Å². The second kappa shape index (κ2) is 4.40. The third-order valence-corrected chi connectivity index (χ3v) is 2.69. The lowest BCUT2D eigenvalue weighted by atomic mass is 10.0. The van der Waals surface area contributed by atoms with Gasteiger partial charge in [-0.2, -0.15) is 5.26 Å². The van der Waals surface area contributed by atoms with E-state index >= 15 is 0 Å². The fraction of sp³-hybridized carbons (Fsp3) is 0.778. The van der Waals surface area contributed by atoms with Crippen molar-refractivity contribution in [3.63, 3.8) is 0 Å². The van der Waals surface area contributed by atoms with Gasteiger partial charge in [-0.3, -0.25) is 9.69 Å². The Bertz CT molecular complexity index is 261. The van der Waals surface area contributed by atoms with Crippen molar-refractivity contribution in [1.29, 1.82) is 5.26 Å². The lowest BCUT2D eigenvalue weighted by molar-refractivity contribution is -0.143. The van der Waals surface area contributed by atoms with Crippen LogP contribution in [-0.4, -0.2) is 48.3 Å². The van der Waals surface area contributed by atoms with Crippen LogP contribution in [0.4, 0.5) is 0 Å². The number of aliphatic carboxylic acids is 1. The highest BCUT2D eigenvalue weighted by Crippen LogP contribution is 2.20. The van der Waals surface area contributed by atoms with E-state index in [9.17, 15) is 4.79 Å². The van der Waals surface area contributed by atoms with Crippen LogP contribution in [0.5, 0.6) is 0 Å². The standard InChI is InChI=1S/C9H14N2O3/c1-6(3-10)11(2)8-5-14-4-7(8)9(12)13/h6-8H,4-5H2,1-2H3,(H,12,13). The van der Waals surface area contributed by atoms with E-state index in [0.29, 0.717) is 6.61 Å². The summed E-state index contributed by atoms with van der Waals surface area (Å²) in [6.45, 7) is 2.37. The summed E-state index contributed by atoms with van der Waals surface area (Å²) in [6.07, 6.45) is 0. The van der Waals surface area contributed by atoms with Gasteiger partial charge in [0.05, 0.1) is 31.2 Å². The van der Waals surface area contributed by atoms with Crippen LogP contribution >= 0.6 is 0 Å². The molecular formula is C9H14N2O3. The van der Waals surface area contributed by atoms with Gasteiger partial charge >= 0.3 is 5.97 Å². The Kier molecular flexibility index (Phi) is 3.44. The molecule has 14 heavy (non-hydrogen) atoms. The van der Waals surface area contributed by atoms with E-state index in [-0.39, 0.29) is 18.7 Å². The maximum atomic E-state index is 10.8. The van der Waals surface area contributed by atoms with Crippen molar-refractivity contribution in [1.82, 2.24) is 4.90 Å². The zero-order chi connectivity index (χ0) is 10.7. The molecule has 0 aromatic rings. The van der Waals surface area contributed by atoms with Gasteiger partial charge in [-0.15, -0.1) is 0 Å². The molecule has 1 aliphatic rings. The number of nitriles is 1. The second-order valence-electron chi connectivity index (χ2n) is 3.52. The lowest BCUT2D eigenvalue weighted by Crippen LogP contribution is -2.44. The van der Waals surface area contributed by atoms with Crippen LogP contribution in [0.3, 0.4) is 0 Å². The van der Waals surface area contributed by atoms with Crippen molar-refractivity contribution < 1.29 is 14.6 Å². The van der Waals surface area contributed by atoms with Gasteiger partial charge in [0.15, 0.2) is 0 Å². The molecule has 0 bridgehead atoms. The number of ether oxygens (including phenoxy) is 1. The molecule has 0 aliphatic carbocycles. The molecule has 78 valence electrons. The number of nitrogens with zero attached hydrogens (tertiary/aromatic N) is 2. The first-order chi connectivity index (χ1) is 6.57. The van der Waals surface area contributed by atoms with Gasteiger partial charge in [0.25, 0.3) is 0 Å². The van der Waals surface area contributed by atoms with Crippen molar-refractivity contribution >= 4 is 5.97 Å². The average molecular weight is 198 g/mol. The van der Waals surface area contributed by atoms with Crippen LogP contribution in [0, 0.1) is 17.2 Å². The van der Waals surface area contributed by atoms with Crippen molar-refractivity contribution in [3.05, 3.63) is 0 Å². The fourth-order valence-electron chi connectivity index (χ4n) is 1.56. The number of carbonyl (C=O) groups is 1. The highest BCUT2D eigenvalue weighted by Gasteiger charge is 2.37. The lowest BCUT2D eigenvalue weighted by Gasteiger charge is -2.27. The van der Waals surface area contributed by atoms with Crippen molar-refractivity contribution in [2.75, 3.05) is 20.3 Å². The predicted octanol–water partition coefficient (Wildman–Crippen LogP) is -0.0701. The summed E-state index contributed by atoms with van der Waals surface area (Å²) < 4.78 is 5.11. The third kappa shape index (κ3) is 2.03. The maximum Gasteiger partial charge on any atom is 0.310 e. The van der Waals surface area contributed by atoms with Gasteiger partial charge in [-0.05, 0) is 14.0 Å². The number of hydrogen-bond acceptors (Lipinski definition) is 4. The molecular weight excluding hydrogens is 184 g/mol. The number of rotatable bonds is 3. The molecule has 1 fully saturated rings. The minimum atomic E-state index is -0.857. The Morgan fingerprint density at radius 1 is 1.71 bits per heavy atom. The molecule has 1 rings (SSSR count). The summed E-state index contributed by atoms with van der Waals surface area (Å²) in [7, 11) is 1.75. The van der Waals surface area contributed by atoms with E-state index in [1.54, 1.807) is 18.9 Å². The van der Waals surface area contributed by atoms with Crippen molar-refractivity contribution in [2.24, 2.45) is 5.92 Å². The molecule has 3 unspecified atom stereocenters. The summed E-state index contributed by atoms with van der Waals surface area (Å²) in [5.41, 5.74) is 0. The minimum Gasteiger partial charge on any atom is -0.481 e. The molecule has 1 heterocycles. The van der Waals surface area contributed by atoms with Crippen LogP contribution < -0.4 is 0 Å². The van der Waals surface area contributed by atoms with Crippen LogP contribution in [0.25, 0.3) is 0 Å². The van der Waals surface area contributed by atoms with Crippen LogP contribution in [0.1, 0.15) is 6.92 Å². The summed E-state index contributed by atoms with van der Waals surface area (Å²) in [5.74, 6) is -1.37. The molecule has 0 radical (unpaired) electrons. The molecule has 5 nitrogen and oxygen atoms in total. The average Bonchev–Trinajstić information content (AvgIpc) is 2.63. The van der Waals surface area contributed by atoms with E-state index in [0.717, 1.165) is 0 Å². The van der Waals surface area contributed by atoms with Crippen molar-refractivity contribution in [2.45, 2.75) is 19.0 Å². The van der Waals surface area contributed by atoms with Crippen LogP contribution in [-0.2, 0) is 9.53 Å². The van der Waals surface area contributed by atoms with E-state index < -0.39 is 11.9 Å². The Balaban J connectivity index is 2.67. The van der Waals surface area contributed by atoms with E-state index in [1.165, 1.54) is 0 Å². The zero-order valence-electron chi connectivity index (χ0n) is 8.30. The molecule has 0 saturated carbocycles. The zero-order valence-corrected chi connectivity index (χ0v) is 8.30. The van der Waals surface area contributed by atoms with Crippen LogP contribution in [0.15, 0.2) is 0 Å². The normalized spacial score (nSPS) is 28.7. The number of carboxylic acid groups (broad SMARTS) is 1. The highest BCUT2D eigenvalue weighted by molar-refractivity contribution is 5.71. The molecule has 5 heteroatoms. The summed E-state index contributed by atoms with van der Waals surface area (Å²) in [6, 6.07) is 1.60. The van der Waals surface area contributed by atoms with Gasteiger partial charge < -0.3 is 9.84 Å². The van der Waals surface area contributed by atoms with E-state index in [4.69, 9.17) is 15.1 Å². The minimum absolute atomic E-state index is 0.192. The molecule has 0 aromatic heterocycles. The Morgan fingerprint density at radius 3 is 2.86 bits per heavy atom. The predicted molar refractivity (Wildman–Crippen MR) is 48.6 cm³/mol.